The number of carboxylic acids is 1. The molecule has 2 amide bonds. The summed E-state index contributed by atoms with van der Waals surface area (Å²) in [5.74, 6) is -2.09. The minimum absolute atomic E-state index is 0.0381. The minimum atomic E-state index is -1.12. The molecule has 6 atom stereocenters. The van der Waals surface area contributed by atoms with Crippen molar-refractivity contribution >= 4 is 46.0 Å². The molecule has 4 aliphatic rings. The highest BCUT2D eigenvalue weighted by Gasteiger charge is 2.60. The van der Waals surface area contributed by atoms with E-state index < -0.39 is 18.0 Å². The van der Waals surface area contributed by atoms with Crippen LogP contribution in [0.3, 0.4) is 0 Å². The van der Waals surface area contributed by atoms with E-state index in [0.29, 0.717) is 31.0 Å². The maximum absolute atomic E-state index is 13.1. The third-order valence-corrected chi connectivity index (χ3v) is 9.62. The van der Waals surface area contributed by atoms with Gasteiger partial charge < -0.3 is 30.2 Å². The number of carbonyl (C=O) groups is 3. The number of anilines is 1. The topological polar surface area (TPSA) is 126 Å². The number of carboxylic acid groups (broad SMARTS) is 1. The Balaban J connectivity index is 1.21. The summed E-state index contributed by atoms with van der Waals surface area (Å²) in [6.45, 7) is 6.91. The van der Waals surface area contributed by atoms with Crippen LogP contribution in [0, 0.1) is 11.8 Å². The lowest BCUT2D eigenvalue weighted by atomic mass is 9.79. The number of piperazine rings is 1. The van der Waals surface area contributed by atoms with E-state index >= 15 is 0 Å². The SMILES string of the molecule is C[C@@H](O)[C@H]1C(=O)N2C(C(=O)O)=C(S[C@@H]3CN[C@H](C(=O)N4CCN(c5nccs5)CC4)C3)[C@H](C)[C@H]12. The van der Waals surface area contributed by atoms with Crippen molar-refractivity contribution in [3.63, 3.8) is 0 Å². The summed E-state index contributed by atoms with van der Waals surface area (Å²) in [4.78, 5) is 48.1. The zero-order chi connectivity index (χ0) is 24.1. The molecule has 12 heteroatoms. The van der Waals surface area contributed by atoms with Crippen LogP contribution in [0.4, 0.5) is 5.13 Å². The molecule has 0 unspecified atom stereocenters. The summed E-state index contributed by atoms with van der Waals surface area (Å²) in [7, 11) is 0. The van der Waals surface area contributed by atoms with Crippen molar-refractivity contribution in [2.24, 2.45) is 11.8 Å². The largest absolute Gasteiger partial charge is 0.477 e. The minimum Gasteiger partial charge on any atom is -0.477 e. The van der Waals surface area contributed by atoms with E-state index in [-0.39, 0.29) is 40.8 Å². The molecule has 0 bridgehead atoms. The van der Waals surface area contributed by atoms with E-state index in [1.165, 1.54) is 16.7 Å². The molecule has 0 aromatic carbocycles. The first-order valence-electron chi connectivity index (χ1n) is 11.6. The molecular formula is C22H29N5O5S2. The molecule has 10 nitrogen and oxygen atoms in total. The monoisotopic (exact) mass is 507 g/mol. The highest BCUT2D eigenvalue weighted by Crippen LogP contribution is 2.51. The fourth-order valence-corrected chi connectivity index (χ4v) is 7.73. The first-order valence-corrected chi connectivity index (χ1v) is 13.4. The van der Waals surface area contributed by atoms with E-state index in [1.807, 2.05) is 17.2 Å². The summed E-state index contributed by atoms with van der Waals surface area (Å²) in [5.41, 5.74) is 0.0393. The lowest BCUT2D eigenvalue weighted by Crippen LogP contribution is -2.63. The highest BCUT2D eigenvalue weighted by atomic mass is 32.2. The van der Waals surface area contributed by atoms with E-state index in [9.17, 15) is 24.6 Å². The van der Waals surface area contributed by atoms with Gasteiger partial charge in [-0.15, -0.1) is 23.1 Å². The number of hydrogen-bond acceptors (Lipinski definition) is 9. The normalized spacial score (nSPS) is 32.1. The molecule has 3 N–H and O–H groups in total. The number of hydrogen-bond donors (Lipinski definition) is 3. The van der Waals surface area contributed by atoms with Gasteiger partial charge in [-0.25, -0.2) is 9.78 Å². The van der Waals surface area contributed by atoms with Gasteiger partial charge in [0, 0.05) is 60.4 Å². The van der Waals surface area contributed by atoms with Gasteiger partial charge in [-0.1, -0.05) is 6.92 Å². The summed E-state index contributed by atoms with van der Waals surface area (Å²) in [6.07, 6.45) is 1.58. The molecule has 0 spiro atoms. The lowest BCUT2D eigenvalue weighted by molar-refractivity contribution is -0.163. The molecule has 0 aliphatic carbocycles. The number of aliphatic carboxylic acids is 1. The molecule has 1 aromatic heterocycles. The molecule has 4 aliphatic heterocycles. The Morgan fingerprint density at radius 3 is 2.65 bits per heavy atom. The maximum Gasteiger partial charge on any atom is 0.353 e. The van der Waals surface area contributed by atoms with Gasteiger partial charge in [0.25, 0.3) is 0 Å². The van der Waals surface area contributed by atoms with Crippen LogP contribution in [0.5, 0.6) is 0 Å². The number of amides is 2. The van der Waals surface area contributed by atoms with E-state index in [2.05, 4.69) is 15.2 Å². The quantitative estimate of drug-likeness (QED) is 0.469. The average Bonchev–Trinajstić information content (AvgIpc) is 3.54. The summed E-state index contributed by atoms with van der Waals surface area (Å²) in [6, 6.07) is -0.611. The second-order valence-electron chi connectivity index (χ2n) is 9.34. The Kier molecular flexibility index (Phi) is 6.34. The molecule has 0 saturated carbocycles. The number of β-lactam (4-membered cyclic amide) rings is 1. The van der Waals surface area contributed by atoms with Crippen molar-refractivity contribution in [3.05, 3.63) is 22.2 Å². The summed E-state index contributed by atoms with van der Waals surface area (Å²) in [5, 5.41) is 26.1. The molecule has 184 valence electrons. The van der Waals surface area contributed by atoms with E-state index in [0.717, 1.165) is 18.2 Å². The first kappa shape index (κ1) is 23.6. The zero-order valence-electron chi connectivity index (χ0n) is 19.1. The highest BCUT2D eigenvalue weighted by molar-refractivity contribution is 8.03. The molecule has 0 radical (unpaired) electrons. The number of thiazole rings is 1. The van der Waals surface area contributed by atoms with Gasteiger partial charge in [0.05, 0.1) is 24.1 Å². The number of thioether (sulfide) groups is 1. The van der Waals surface area contributed by atoms with Crippen LogP contribution in [0.2, 0.25) is 0 Å². The molecule has 5 heterocycles. The third-order valence-electron chi connectivity index (χ3n) is 7.27. The summed E-state index contributed by atoms with van der Waals surface area (Å²) >= 11 is 3.06. The molecule has 1 aromatic rings. The smallest absolute Gasteiger partial charge is 0.353 e. The second-order valence-corrected chi connectivity index (χ2v) is 11.6. The zero-order valence-corrected chi connectivity index (χ0v) is 20.7. The fraction of sp³-hybridized carbons (Fsp3) is 0.636. The van der Waals surface area contributed by atoms with Crippen molar-refractivity contribution in [3.8, 4) is 0 Å². The number of nitrogens with zero attached hydrogens (tertiary/aromatic N) is 4. The van der Waals surface area contributed by atoms with Crippen LogP contribution in [0.25, 0.3) is 0 Å². The number of fused-ring (bicyclic) bond motifs is 1. The van der Waals surface area contributed by atoms with Crippen molar-refractivity contribution in [1.82, 2.24) is 20.1 Å². The van der Waals surface area contributed by atoms with Crippen LogP contribution in [-0.2, 0) is 14.4 Å². The lowest BCUT2D eigenvalue weighted by Gasteiger charge is -2.46. The maximum atomic E-state index is 13.1. The van der Waals surface area contributed by atoms with Gasteiger partial charge in [0.1, 0.15) is 5.70 Å². The van der Waals surface area contributed by atoms with Crippen molar-refractivity contribution in [1.29, 1.82) is 0 Å². The molecule has 3 fully saturated rings. The van der Waals surface area contributed by atoms with Crippen LogP contribution in [0.15, 0.2) is 22.2 Å². The van der Waals surface area contributed by atoms with Gasteiger partial charge in [0.2, 0.25) is 11.8 Å². The number of carbonyl (C=O) groups excluding carboxylic acids is 2. The Labute approximate surface area is 206 Å². The molecule has 5 rings (SSSR count). The average molecular weight is 508 g/mol. The Bertz CT molecular complexity index is 1010. The Morgan fingerprint density at radius 2 is 2.03 bits per heavy atom. The first-order chi connectivity index (χ1) is 16.3. The molecule has 3 saturated heterocycles. The van der Waals surface area contributed by atoms with Crippen molar-refractivity contribution in [2.45, 2.75) is 43.7 Å². The van der Waals surface area contributed by atoms with Gasteiger partial charge in [-0.2, -0.15) is 0 Å². The van der Waals surface area contributed by atoms with Crippen molar-refractivity contribution in [2.75, 3.05) is 37.6 Å². The summed E-state index contributed by atoms with van der Waals surface area (Å²) < 4.78 is 0. The van der Waals surface area contributed by atoms with Crippen LogP contribution >= 0.6 is 23.1 Å². The Hall–Kier alpha value is -2.15. The van der Waals surface area contributed by atoms with Crippen LogP contribution in [-0.4, -0.2) is 98.9 Å². The number of aromatic nitrogens is 1. The van der Waals surface area contributed by atoms with Gasteiger partial charge >= 0.3 is 5.97 Å². The van der Waals surface area contributed by atoms with Crippen LogP contribution in [0.1, 0.15) is 20.3 Å². The number of rotatable bonds is 6. The standard InChI is InChI=1S/C22H29N5O5S2/c1-11-16-15(12(2)28)20(30)27(16)17(21(31)32)18(11)34-13-9-14(24-10-13)19(29)25-4-6-26(7-5-25)22-23-3-8-33-22/h3,8,11-16,24,28H,4-7,9-10H2,1-2H3,(H,31,32)/t11-,12-,13+,14+,15-,16-/m1/s1. The second kappa shape index (κ2) is 9.14. The van der Waals surface area contributed by atoms with Crippen molar-refractivity contribution < 1.29 is 24.6 Å². The van der Waals surface area contributed by atoms with E-state index in [1.54, 1.807) is 24.5 Å². The molecule has 34 heavy (non-hydrogen) atoms. The number of aliphatic hydroxyl groups excluding tert-OH is 1. The number of aliphatic hydroxyl groups is 1. The Morgan fingerprint density at radius 1 is 1.29 bits per heavy atom. The number of nitrogens with one attached hydrogen (secondary N) is 1. The van der Waals surface area contributed by atoms with E-state index in [4.69, 9.17) is 0 Å². The predicted octanol–water partition coefficient (Wildman–Crippen LogP) is 0.409. The molecular weight excluding hydrogens is 478 g/mol. The van der Waals surface area contributed by atoms with Gasteiger partial charge in [-0.3, -0.25) is 9.59 Å². The third kappa shape index (κ3) is 3.90. The van der Waals surface area contributed by atoms with Crippen LogP contribution < -0.4 is 10.2 Å². The van der Waals surface area contributed by atoms with Gasteiger partial charge in [0.15, 0.2) is 5.13 Å². The predicted molar refractivity (Wildman–Crippen MR) is 128 cm³/mol. The fourth-order valence-electron chi connectivity index (χ4n) is 5.55. The van der Waals surface area contributed by atoms with Gasteiger partial charge in [-0.05, 0) is 13.3 Å².